The van der Waals surface area contributed by atoms with E-state index in [9.17, 15) is 9.59 Å². The molecule has 0 bridgehead atoms. The van der Waals surface area contributed by atoms with Crippen molar-refractivity contribution in [2.45, 2.75) is 38.8 Å². The number of rotatable bonds is 10. The zero-order valence-corrected chi connectivity index (χ0v) is 21.3. The molecule has 0 N–H and O–H groups in total. The summed E-state index contributed by atoms with van der Waals surface area (Å²) in [5.74, 6) is 1.46. The molecule has 0 saturated heterocycles. The number of amides is 2. The first-order valence-corrected chi connectivity index (χ1v) is 12.7. The first-order chi connectivity index (χ1) is 17.0. The van der Waals surface area contributed by atoms with Crippen molar-refractivity contribution in [3.63, 3.8) is 0 Å². The summed E-state index contributed by atoms with van der Waals surface area (Å²) in [6.45, 7) is 5.31. The number of fused-ring (bicyclic) bond motifs is 1. The second-order valence-electron chi connectivity index (χ2n) is 8.95. The second kappa shape index (κ2) is 11.6. The fourth-order valence-electron chi connectivity index (χ4n) is 4.29. The first-order valence-electron chi connectivity index (χ1n) is 11.8. The number of nitrogens with zero attached hydrogens (tertiary/aromatic N) is 2. The van der Waals surface area contributed by atoms with Gasteiger partial charge in [0, 0.05) is 18.5 Å². The van der Waals surface area contributed by atoms with E-state index in [4.69, 9.17) is 13.9 Å². The average Bonchev–Trinajstić information content (AvgIpc) is 3.54. The van der Waals surface area contributed by atoms with Crippen molar-refractivity contribution in [2.24, 2.45) is 0 Å². The predicted octanol–water partition coefficient (Wildman–Crippen LogP) is 4.64. The molecule has 1 unspecified atom stereocenters. The van der Waals surface area contributed by atoms with Gasteiger partial charge in [-0.1, -0.05) is 26.0 Å². The zero-order chi connectivity index (χ0) is 24.8. The number of hydrogen-bond acceptors (Lipinski definition) is 6. The molecular weight excluding hydrogens is 464 g/mol. The van der Waals surface area contributed by atoms with Crippen molar-refractivity contribution >= 4 is 23.2 Å². The Bertz CT molecular complexity index is 1110. The fraction of sp³-hybridized carbons (Fsp3) is 0.407. The molecule has 1 aromatic carbocycles. The van der Waals surface area contributed by atoms with Crippen LogP contribution in [-0.4, -0.2) is 55.0 Å². The largest absolute Gasteiger partial charge is 0.491 e. The summed E-state index contributed by atoms with van der Waals surface area (Å²) in [6, 6.07) is 13.5. The Morgan fingerprint density at radius 3 is 2.69 bits per heavy atom. The number of methoxy groups -OCH3 is 1. The smallest absolute Gasteiger partial charge is 0.249 e. The minimum atomic E-state index is -0.261. The molecular formula is C27H32N2O5S. The third-order valence-corrected chi connectivity index (χ3v) is 7.24. The van der Waals surface area contributed by atoms with Gasteiger partial charge < -0.3 is 23.7 Å². The molecule has 3 aromatic rings. The van der Waals surface area contributed by atoms with Gasteiger partial charge in [-0.05, 0) is 59.2 Å². The van der Waals surface area contributed by atoms with Crippen molar-refractivity contribution in [1.29, 1.82) is 0 Å². The SMILES string of the molecule is COCC(=O)N(CC(=O)N1CCc2sccc2C1COc1ccc(C(C)C)cc1)Cc1ccco1. The molecule has 186 valence electrons. The Balaban J connectivity index is 1.49. The zero-order valence-electron chi connectivity index (χ0n) is 20.4. The van der Waals surface area contributed by atoms with Gasteiger partial charge >= 0.3 is 0 Å². The van der Waals surface area contributed by atoms with Crippen LogP contribution in [0.5, 0.6) is 5.75 Å². The number of ether oxygens (including phenoxy) is 2. The summed E-state index contributed by atoms with van der Waals surface area (Å²) in [7, 11) is 1.47. The Morgan fingerprint density at radius 2 is 2.00 bits per heavy atom. The molecule has 35 heavy (non-hydrogen) atoms. The van der Waals surface area contributed by atoms with Gasteiger partial charge in [0.05, 0.1) is 18.8 Å². The van der Waals surface area contributed by atoms with Crippen molar-refractivity contribution in [3.05, 3.63) is 75.9 Å². The summed E-state index contributed by atoms with van der Waals surface area (Å²) in [5.41, 5.74) is 2.37. The molecule has 1 atom stereocenters. The lowest BCUT2D eigenvalue weighted by atomic mass is 10.00. The number of carbonyl (C=O) groups excluding carboxylic acids is 2. The van der Waals surface area contributed by atoms with Crippen LogP contribution in [0.25, 0.3) is 0 Å². The Morgan fingerprint density at radius 1 is 1.20 bits per heavy atom. The van der Waals surface area contributed by atoms with Crippen molar-refractivity contribution in [1.82, 2.24) is 9.80 Å². The number of furan rings is 1. The Labute approximate surface area is 210 Å². The van der Waals surface area contributed by atoms with Gasteiger partial charge in [-0.15, -0.1) is 11.3 Å². The molecule has 0 spiro atoms. The molecule has 2 aromatic heterocycles. The molecule has 0 fully saturated rings. The summed E-state index contributed by atoms with van der Waals surface area (Å²) in [4.78, 5) is 30.8. The maximum atomic E-state index is 13.5. The normalized spacial score (nSPS) is 15.2. The quantitative estimate of drug-likeness (QED) is 0.409. The standard InChI is InChI=1S/C27H32N2O5S/c1-19(2)20-6-8-21(9-7-20)34-17-24-23-11-14-35-25(23)10-12-29(24)26(30)16-28(27(31)18-32-3)15-22-5-4-13-33-22/h4-9,11,13-14,19,24H,10,12,15-18H2,1-3H3. The number of thiophene rings is 1. The summed E-state index contributed by atoms with van der Waals surface area (Å²) in [6.07, 6.45) is 2.35. The van der Waals surface area contributed by atoms with Crippen LogP contribution in [0, 0.1) is 0 Å². The number of benzene rings is 1. The highest BCUT2D eigenvalue weighted by atomic mass is 32.1. The lowest BCUT2D eigenvalue weighted by Gasteiger charge is -2.37. The van der Waals surface area contributed by atoms with Crippen molar-refractivity contribution in [2.75, 3.05) is 33.4 Å². The van der Waals surface area contributed by atoms with E-state index in [0.29, 0.717) is 24.8 Å². The van der Waals surface area contributed by atoms with E-state index in [-0.39, 0.29) is 37.6 Å². The van der Waals surface area contributed by atoms with E-state index in [2.05, 4.69) is 37.4 Å². The Hall–Kier alpha value is -3.10. The van der Waals surface area contributed by atoms with Gasteiger partial charge in [0.2, 0.25) is 11.8 Å². The topological polar surface area (TPSA) is 72.2 Å². The van der Waals surface area contributed by atoms with E-state index in [1.807, 2.05) is 17.0 Å². The van der Waals surface area contributed by atoms with Gasteiger partial charge in [0.15, 0.2) is 0 Å². The van der Waals surface area contributed by atoms with E-state index in [1.54, 1.807) is 29.7 Å². The minimum Gasteiger partial charge on any atom is -0.491 e. The third kappa shape index (κ3) is 6.13. The monoisotopic (exact) mass is 496 g/mol. The molecule has 0 radical (unpaired) electrons. The summed E-state index contributed by atoms with van der Waals surface area (Å²) < 4.78 is 16.6. The molecule has 7 nitrogen and oxygen atoms in total. The van der Waals surface area contributed by atoms with E-state index >= 15 is 0 Å². The lowest BCUT2D eigenvalue weighted by molar-refractivity contribution is -0.145. The third-order valence-electron chi connectivity index (χ3n) is 6.24. The molecule has 8 heteroatoms. The van der Waals surface area contributed by atoms with Crippen LogP contribution in [0.2, 0.25) is 0 Å². The molecule has 0 aliphatic carbocycles. The van der Waals surface area contributed by atoms with Gasteiger partial charge in [-0.3, -0.25) is 9.59 Å². The molecule has 2 amide bonds. The van der Waals surface area contributed by atoms with Crippen LogP contribution in [0.15, 0.2) is 58.5 Å². The molecule has 3 heterocycles. The summed E-state index contributed by atoms with van der Waals surface area (Å²) in [5, 5.41) is 2.06. The number of hydrogen-bond donors (Lipinski definition) is 0. The highest BCUT2D eigenvalue weighted by Gasteiger charge is 2.33. The van der Waals surface area contributed by atoms with Crippen molar-refractivity contribution < 1.29 is 23.5 Å². The van der Waals surface area contributed by atoms with E-state index in [1.165, 1.54) is 22.5 Å². The minimum absolute atomic E-state index is 0.0536. The first kappa shape index (κ1) is 25.0. The maximum absolute atomic E-state index is 13.5. The Kier molecular flexibility index (Phi) is 8.25. The van der Waals surface area contributed by atoms with Crippen molar-refractivity contribution in [3.8, 4) is 5.75 Å². The van der Waals surface area contributed by atoms with Crippen LogP contribution < -0.4 is 4.74 Å². The molecule has 4 rings (SSSR count). The molecule has 1 aliphatic heterocycles. The lowest BCUT2D eigenvalue weighted by Crippen LogP contribution is -2.48. The average molecular weight is 497 g/mol. The van der Waals surface area contributed by atoms with Crippen LogP contribution in [0.4, 0.5) is 0 Å². The number of carbonyl (C=O) groups is 2. The van der Waals surface area contributed by atoms with E-state index in [0.717, 1.165) is 17.7 Å². The van der Waals surface area contributed by atoms with E-state index < -0.39 is 0 Å². The van der Waals surface area contributed by atoms with Gasteiger partial charge in [0.25, 0.3) is 0 Å². The highest BCUT2D eigenvalue weighted by molar-refractivity contribution is 7.10. The molecule has 0 saturated carbocycles. The predicted molar refractivity (Wildman–Crippen MR) is 135 cm³/mol. The fourth-order valence-corrected chi connectivity index (χ4v) is 5.22. The van der Waals surface area contributed by atoms with Crippen LogP contribution in [0.3, 0.4) is 0 Å². The van der Waals surface area contributed by atoms with Crippen LogP contribution in [-0.2, 0) is 27.3 Å². The molecule has 1 aliphatic rings. The second-order valence-corrected chi connectivity index (χ2v) is 9.95. The van der Waals surface area contributed by atoms with Crippen LogP contribution in [0.1, 0.15) is 47.6 Å². The summed E-state index contributed by atoms with van der Waals surface area (Å²) >= 11 is 1.71. The van der Waals surface area contributed by atoms with Crippen LogP contribution >= 0.6 is 11.3 Å². The van der Waals surface area contributed by atoms with Gasteiger partial charge in [-0.2, -0.15) is 0 Å². The van der Waals surface area contributed by atoms with Gasteiger partial charge in [0.1, 0.15) is 31.3 Å². The van der Waals surface area contributed by atoms with Gasteiger partial charge in [-0.25, -0.2) is 0 Å². The highest BCUT2D eigenvalue weighted by Crippen LogP contribution is 2.34. The maximum Gasteiger partial charge on any atom is 0.249 e.